The second-order valence-electron chi connectivity index (χ2n) is 6.46. The highest BCUT2D eigenvalue weighted by Gasteiger charge is 2.34. The minimum Gasteiger partial charge on any atom is -0.330 e. The third-order valence-corrected chi connectivity index (χ3v) is 5.20. The first kappa shape index (κ1) is 23.4. The van der Waals surface area contributed by atoms with Gasteiger partial charge in [0.25, 0.3) is 0 Å². The molecule has 7 nitrogen and oxygen atoms in total. The van der Waals surface area contributed by atoms with Crippen molar-refractivity contribution in [2.45, 2.75) is 19.1 Å². The van der Waals surface area contributed by atoms with E-state index in [0.29, 0.717) is 22.6 Å². The van der Waals surface area contributed by atoms with Gasteiger partial charge in [0.05, 0.1) is 39.3 Å². The van der Waals surface area contributed by atoms with Crippen molar-refractivity contribution < 1.29 is 18.0 Å². The molecule has 0 fully saturated rings. The van der Waals surface area contributed by atoms with E-state index in [1.807, 2.05) is 6.07 Å². The zero-order valence-corrected chi connectivity index (χ0v) is 18.5. The number of hydrogen-bond donors (Lipinski definition) is 2. The van der Waals surface area contributed by atoms with Gasteiger partial charge in [-0.3, -0.25) is 15.0 Å². The number of hydrogen-bond acceptors (Lipinski definition) is 5. The fourth-order valence-electron chi connectivity index (χ4n) is 2.75. The topological polar surface area (TPSA) is 104 Å². The first-order chi connectivity index (χ1) is 15.1. The molecule has 1 aromatic carbocycles. The second kappa shape index (κ2) is 9.50. The molecular formula is C20H13BrClF3N6O. The Morgan fingerprint density at radius 3 is 2.56 bits per heavy atom. The molecule has 2 amide bonds. The molecule has 1 unspecified atom stereocenters. The van der Waals surface area contributed by atoms with Gasteiger partial charge in [-0.2, -0.15) is 18.4 Å². The number of carbonyl (C=O) groups excluding carboxylic acids is 1. The molecule has 2 aromatic heterocycles. The molecule has 0 aliphatic heterocycles. The molecule has 0 saturated carbocycles. The second-order valence-corrected chi connectivity index (χ2v) is 7.73. The van der Waals surface area contributed by atoms with E-state index < -0.39 is 28.8 Å². The molecule has 0 aliphatic rings. The SMILES string of the molecule is CC(NC(=O)Nc1cc(C(F)(F)F)c(Cl)cc1Br)c1nccnc1-c1ccc(C#N)cn1. The van der Waals surface area contributed by atoms with Gasteiger partial charge < -0.3 is 10.6 Å². The van der Waals surface area contributed by atoms with Crippen LogP contribution < -0.4 is 10.6 Å². The van der Waals surface area contributed by atoms with Gasteiger partial charge in [0, 0.05) is 23.1 Å². The highest BCUT2D eigenvalue weighted by molar-refractivity contribution is 9.10. The van der Waals surface area contributed by atoms with Crippen LogP contribution in [-0.2, 0) is 6.18 Å². The lowest BCUT2D eigenvalue weighted by Crippen LogP contribution is -2.32. The molecule has 1 atom stereocenters. The summed E-state index contributed by atoms with van der Waals surface area (Å²) in [5.41, 5.74) is 0.393. The van der Waals surface area contributed by atoms with Gasteiger partial charge in [-0.05, 0) is 47.1 Å². The Morgan fingerprint density at radius 1 is 1.22 bits per heavy atom. The van der Waals surface area contributed by atoms with Crippen molar-refractivity contribution in [1.29, 1.82) is 5.26 Å². The molecule has 2 heterocycles. The quantitative estimate of drug-likeness (QED) is 0.453. The molecule has 164 valence electrons. The van der Waals surface area contributed by atoms with Gasteiger partial charge in [0.2, 0.25) is 0 Å². The van der Waals surface area contributed by atoms with E-state index in [1.54, 1.807) is 19.1 Å². The molecule has 0 aliphatic carbocycles. The summed E-state index contributed by atoms with van der Waals surface area (Å²) in [7, 11) is 0. The number of pyridine rings is 1. The van der Waals surface area contributed by atoms with Crippen molar-refractivity contribution in [2.24, 2.45) is 0 Å². The fourth-order valence-corrected chi connectivity index (χ4v) is 3.59. The van der Waals surface area contributed by atoms with Crippen molar-refractivity contribution in [1.82, 2.24) is 20.3 Å². The van der Waals surface area contributed by atoms with Crippen LogP contribution in [0.1, 0.15) is 29.8 Å². The van der Waals surface area contributed by atoms with Crippen LogP contribution in [0.3, 0.4) is 0 Å². The first-order valence-corrected chi connectivity index (χ1v) is 10.1. The summed E-state index contributed by atoms with van der Waals surface area (Å²) in [6, 6.07) is 5.49. The van der Waals surface area contributed by atoms with Crippen LogP contribution in [0.15, 0.2) is 47.3 Å². The van der Waals surface area contributed by atoms with E-state index in [0.717, 1.165) is 12.1 Å². The molecule has 0 radical (unpaired) electrons. The van der Waals surface area contributed by atoms with E-state index in [-0.39, 0.29) is 10.2 Å². The lowest BCUT2D eigenvalue weighted by atomic mass is 10.1. The monoisotopic (exact) mass is 524 g/mol. The van der Waals surface area contributed by atoms with Crippen LogP contribution in [-0.4, -0.2) is 21.0 Å². The summed E-state index contributed by atoms with van der Waals surface area (Å²) in [6.45, 7) is 1.63. The maximum absolute atomic E-state index is 13.1. The standard InChI is InChI=1S/C20H13BrClF3N6O/c1-10(17-18(28-5-4-27-17)15-3-2-11(8-26)9-29-15)30-19(32)31-16-6-12(20(23,24)25)14(22)7-13(16)21/h2-7,9-10H,1H3,(H2,30,31,32). The Balaban J connectivity index is 1.81. The maximum atomic E-state index is 13.1. The van der Waals surface area contributed by atoms with Crippen molar-refractivity contribution >= 4 is 39.2 Å². The number of nitriles is 1. The van der Waals surface area contributed by atoms with Crippen LogP contribution in [0.2, 0.25) is 5.02 Å². The lowest BCUT2D eigenvalue weighted by molar-refractivity contribution is -0.137. The number of alkyl halides is 3. The normalized spacial score (nSPS) is 12.0. The smallest absolute Gasteiger partial charge is 0.330 e. The van der Waals surface area contributed by atoms with E-state index in [1.165, 1.54) is 18.6 Å². The van der Waals surface area contributed by atoms with Gasteiger partial charge in [0.15, 0.2) is 0 Å². The van der Waals surface area contributed by atoms with Crippen molar-refractivity contribution in [3.05, 3.63) is 69.2 Å². The highest BCUT2D eigenvalue weighted by atomic mass is 79.9. The Labute approximate surface area is 193 Å². The van der Waals surface area contributed by atoms with Crippen LogP contribution in [0, 0.1) is 11.3 Å². The number of rotatable bonds is 4. The zero-order valence-electron chi connectivity index (χ0n) is 16.2. The molecular weight excluding hydrogens is 513 g/mol. The fraction of sp³-hybridized carbons (Fsp3) is 0.150. The number of urea groups is 1. The Morgan fingerprint density at radius 2 is 1.94 bits per heavy atom. The summed E-state index contributed by atoms with van der Waals surface area (Å²) >= 11 is 8.76. The molecule has 0 spiro atoms. The Hall–Kier alpha value is -3.23. The van der Waals surface area contributed by atoms with E-state index >= 15 is 0 Å². The number of carbonyl (C=O) groups is 1. The predicted molar refractivity (Wildman–Crippen MR) is 115 cm³/mol. The number of aromatic nitrogens is 3. The van der Waals surface area contributed by atoms with E-state index in [4.69, 9.17) is 16.9 Å². The zero-order chi connectivity index (χ0) is 23.5. The van der Waals surface area contributed by atoms with Crippen LogP contribution in [0.25, 0.3) is 11.4 Å². The van der Waals surface area contributed by atoms with Gasteiger partial charge in [0.1, 0.15) is 11.8 Å². The summed E-state index contributed by atoms with van der Waals surface area (Å²) in [5, 5.41) is 13.4. The van der Waals surface area contributed by atoms with Gasteiger partial charge in [-0.1, -0.05) is 11.6 Å². The summed E-state index contributed by atoms with van der Waals surface area (Å²) < 4.78 is 39.5. The van der Waals surface area contributed by atoms with E-state index in [9.17, 15) is 18.0 Å². The minimum atomic E-state index is -4.68. The number of halogens is 5. The number of anilines is 1. The van der Waals surface area contributed by atoms with E-state index in [2.05, 4.69) is 41.5 Å². The largest absolute Gasteiger partial charge is 0.417 e. The third-order valence-electron chi connectivity index (χ3n) is 4.23. The predicted octanol–water partition coefficient (Wildman–Crippen LogP) is 5.73. The number of nitrogens with zero attached hydrogens (tertiary/aromatic N) is 4. The number of amides is 2. The molecule has 12 heteroatoms. The average molecular weight is 526 g/mol. The van der Waals surface area contributed by atoms with Gasteiger partial charge in [-0.15, -0.1) is 0 Å². The first-order valence-electron chi connectivity index (χ1n) is 8.91. The minimum absolute atomic E-state index is 0.112. The van der Waals surface area contributed by atoms with Crippen molar-refractivity contribution in [2.75, 3.05) is 5.32 Å². The summed E-state index contributed by atoms with van der Waals surface area (Å²) in [4.78, 5) is 25.2. The summed E-state index contributed by atoms with van der Waals surface area (Å²) in [5.74, 6) is 0. The number of benzene rings is 1. The van der Waals surface area contributed by atoms with Crippen LogP contribution >= 0.6 is 27.5 Å². The van der Waals surface area contributed by atoms with Crippen molar-refractivity contribution in [3.63, 3.8) is 0 Å². The molecule has 3 aromatic rings. The summed E-state index contributed by atoms with van der Waals surface area (Å²) in [6.07, 6.45) is -0.408. The van der Waals surface area contributed by atoms with Gasteiger partial charge in [-0.25, -0.2) is 4.79 Å². The highest BCUT2D eigenvalue weighted by Crippen LogP contribution is 2.39. The molecule has 3 rings (SSSR count). The lowest BCUT2D eigenvalue weighted by Gasteiger charge is -2.18. The molecule has 0 saturated heterocycles. The van der Waals surface area contributed by atoms with Crippen molar-refractivity contribution in [3.8, 4) is 17.5 Å². The van der Waals surface area contributed by atoms with Gasteiger partial charge >= 0.3 is 12.2 Å². The molecule has 32 heavy (non-hydrogen) atoms. The maximum Gasteiger partial charge on any atom is 0.417 e. The third kappa shape index (κ3) is 5.33. The Bertz CT molecular complexity index is 1200. The van der Waals surface area contributed by atoms with Crippen LogP contribution in [0.4, 0.5) is 23.7 Å². The van der Waals surface area contributed by atoms with Crippen LogP contribution in [0.5, 0.6) is 0 Å². The molecule has 0 bridgehead atoms. The number of nitrogens with one attached hydrogen (secondary N) is 2. The molecule has 2 N–H and O–H groups in total. The Kier molecular flexibility index (Phi) is 6.96. The average Bonchev–Trinajstić information content (AvgIpc) is 2.74.